The van der Waals surface area contributed by atoms with E-state index in [4.69, 9.17) is 14.2 Å². The van der Waals surface area contributed by atoms with Gasteiger partial charge < -0.3 is 19.3 Å². The maximum Gasteiger partial charge on any atom is 0.406 e. The fraction of sp³-hybridized carbons (Fsp3) is 0.154. The highest BCUT2D eigenvalue weighted by atomic mass is 16.5. The van der Waals surface area contributed by atoms with Crippen LogP contribution in [0.3, 0.4) is 0 Å². The van der Waals surface area contributed by atoms with E-state index in [1.807, 2.05) is 0 Å². The maximum absolute atomic E-state index is 13.3. The molecule has 0 bridgehead atoms. The van der Waals surface area contributed by atoms with Crippen LogP contribution in [-0.4, -0.2) is 42.9 Å². The zero-order valence-electron chi connectivity index (χ0n) is 19.9. The number of carbonyl (C=O) groups is 1. The zero-order valence-corrected chi connectivity index (χ0v) is 19.9. The Morgan fingerprint density at radius 2 is 1.36 bits per heavy atom. The molecule has 0 spiro atoms. The molecule has 0 aliphatic heterocycles. The molecule has 4 rings (SSSR count). The van der Waals surface area contributed by atoms with Crippen molar-refractivity contribution in [2.75, 3.05) is 21.3 Å². The number of carbonyl (C=O) groups excluding carboxylic acids is 1. The molecule has 0 fully saturated rings. The number of Topliss-reactive ketones (excluding diaryl/α,β-unsaturated/α-hetero) is 1. The maximum atomic E-state index is 13.3. The Bertz CT molecular complexity index is 1440. The first-order valence-corrected chi connectivity index (χ1v) is 10.9. The number of aliphatic imine (C=N–C) groups is 1. The van der Waals surface area contributed by atoms with Crippen LogP contribution >= 0.6 is 0 Å². The summed E-state index contributed by atoms with van der Waals surface area (Å²) in [5.74, 6) is 0.699. The van der Waals surface area contributed by atoms with Gasteiger partial charge in [0.2, 0.25) is 11.5 Å². The average Bonchev–Trinajstić information content (AvgIpc) is 3.24. The number of aromatic nitrogens is 3. The van der Waals surface area contributed by atoms with Crippen molar-refractivity contribution < 1.29 is 28.8 Å². The Balaban J connectivity index is 1.76. The molecule has 1 heterocycles. The van der Waals surface area contributed by atoms with Crippen molar-refractivity contribution in [1.29, 1.82) is 0 Å². The van der Waals surface area contributed by atoms with Gasteiger partial charge in [0.25, 0.3) is 0 Å². The second kappa shape index (κ2) is 10.6. The third-order valence-corrected chi connectivity index (χ3v) is 5.45. The molecule has 4 aromatic rings. The number of benzene rings is 3. The van der Waals surface area contributed by atoms with Gasteiger partial charge in [-0.05, 0) is 72.8 Å². The predicted molar refractivity (Wildman–Crippen MR) is 130 cm³/mol. The minimum Gasteiger partial charge on any atom is -0.855 e. The Hall–Kier alpha value is -4.86. The Morgan fingerprint density at radius 3 is 1.89 bits per heavy atom. The van der Waals surface area contributed by atoms with Crippen molar-refractivity contribution in [1.82, 2.24) is 9.90 Å². The van der Waals surface area contributed by atoms with Crippen LogP contribution in [0, 0.1) is 0 Å². The van der Waals surface area contributed by atoms with E-state index in [2.05, 4.69) is 10.2 Å². The van der Waals surface area contributed by atoms with Crippen LogP contribution in [0.5, 0.6) is 17.2 Å². The van der Waals surface area contributed by atoms with E-state index >= 15 is 0 Å². The Labute approximate surface area is 206 Å². The summed E-state index contributed by atoms with van der Waals surface area (Å²) >= 11 is 0. The van der Waals surface area contributed by atoms with Gasteiger partial charge in [-0.15, -0.1) is 4.68 Å². The molecule has 1 N–H and O–H groups in total. The minimum atomic E-state index is -0.795. The summed E-state index contributed by atoms with van der Waals surface area (Å²) in [6.45, 7) is -0.288. The molecule has 36 heavy (non-hydrogen) atoms. The van der Waals surface area contributed by atoms with Gasteiger partial charge in [-0.2, -0.15) is 0 Å². The standard InChI is InChI=1S/C26H24N4O6/c1-34-20-10-4-17(5-11-20)23(31)16-29-24(25(32)27-18-6-12-21(35-2)13-7-18)26(33)30(28-29)19-8-14-22(36-3)15-9-19/h4-15H,16H2,1-3H3,(H-,27,28,32,33). The van der Waals surface area contributed by atoms with Gasteiger partial charge in [-0.3, -0.25) is 9.79 Å². The first kappa shape index (κ1) is 24.3. The summed E-state index contributed by atoms with van der Waals surface area (Å²) in [5, 5.41) is 16.0. The first-order valence-electron chi connectivity index (χ1n) is 10.9. The lowest BCUT2D eigenvalue weighted by molar-refractivity contribution is -0.745. The normalized spacial score (nSPS) is 11.2. The molecular formula is C26H24N4O6. The molecule has 0 unspecified atom stereocenters. The monoisotopic (exact) mass is 488 g/mol. The smallest absolute Gasteiger partial charge is 0.406 e. The third-order valence-electron chi connectivity index (χ3n) is 5.45. The topological polar surface area (TPSA) is 122 Å². The molecule has 0 saturated carbocycles. The number of nitrogens with zero attached hydrogens (tertiary/aromatic N) is 3. The Morgan fingerprint density at radius 1 is 0.861 bits per heavy atom. The molecule has 3 aromatic carbocycles. The van der Waals surface area contributed by atoms with Gasteiger partial charge in [0.15, 0.2) is 12.2 Å². The van der Waals surface area contributed by atoms with Crippen molar-refractivity contribution in [3.05, 3.63) is 94.4 Å². The van der Waals surface area contributed by atoms with E-state index in [1.54, 1.807) is 72.8 Å². The summed E-state index contributed by atoms with van der Waals surface area (Å²) in [5.41, 5.74) is 0.251. The van der Waals surface area contributed by atoms with Crippen molar-refractivity contribution in [3.63, 3.8) is 0 Å². The summed E-state index contributed by atoms with van der Waals surface area (Å²) in [4.78, 5) is 30.4. The fourth-order valence-electron chi connectivity index (χ4n) is 3.50. The number of H-pyrrole nitrogens is 1. The fourth-order valence-corrected chi connectivity index (χ4v) is 3.50. The predicted octanol–water partition coefficient (Wildman–Crippen LogP) is 1.80. The highest BCUT2D eigenvalue weighted by Gasteiger charge is 2.25. The van der Waals surface area contributed by atoms with E-state index in [9.17, 15) is 14.7 Å². The molecule has 0 saturated heterocycles. The number of hydrogen-bond donors (Lipinski definition) is 1. The van der Waals surface area contributed by atoms with E-state index in [1.165, 1.54) is 30.7 Å². The van der Waals surface area contributed by atoms with Crippen LogP contribution in [0.1, 0.15) is 16.1 Å². The van der Waals surface area contributed by atoms with Crippen molar-refractivity contribution in [2.24, 2.45) is 4.99 Å². The van der Waals surface area contributed by atoms with E-state index in [0.717, 1.165) is 0 Å². The second-order valence-electron chi connectivity index (χ2n) is 7.64. The average molecular weight is 489 g/mol. The van der Waals surface area contributed by atoms with Crippen LogP contribution in [0.15, 0.2) is 82.6 Å². The molecular weight excluding hydrogens is 464 g/mol. The number of rotatable bonds is 9. The minimum absolute atomic E-state index is 0.288. The quantitative estimate of drug-likeness (QED) is 0.166. The highest BCUT2D eigenvalue weighted by molar-refractivity contribution is 5.95. The summed E-state index contributed by atoms with van der Waals surface area (Å²) in [6, 6.07) is 19.7. The second-order valence-corrected chi connectivity index (χ2v) is 7.64. The molecule has 0 aliphatic carbocycles. The lowest BCUT2D eigenvalue weighted by Gasteiger charge is -2.08. The van der Waals surface area contributed by atoms with Crippen LogP contribution < -0.4 is 29.6 Å². The van der Waals surface area contributed by atoms with Gasteiger partial charge in [0, 0.05) is 11.5 Å². The summed E-state index contributed by atoms with van der Waals surface area (Å²) in [6.07, 6.45) is 0. The lowest BCUT2D eigenvalue weighted by Crippen LogP contribution is -2.48. The van der Waals surface area contributed by atoms with E-state index in [0.29, 0.717) is 34.2 Å². The van der Waals surface area contributed by atoms with Gasteiger partial charge >= 0.3 is 5.56 Å². The molecule has 184 valence electrons. The summed E-state index contributed by atoms with van der Waals surface area (Å²) in [7, 11) is 4.59. The number of methoxy groups -OCH3 is 3. The van der Waals surface area contributed by atoms with Crippen LogP contribution in [0.2, 0.25) is 0 Å². The zero-order chi connectivity index (χ0) is 25.7. The molecule has 10 heteroatoms. The first-order chi connectivity index (χ1) is 17.4. The SMILES string of the molecule is COc1ccc(N=C([O-])c2c(=O)n(-c3ccc(OC)cc3)[nH][n+]2CC(=O)c2ccc(OC)cc2)cc1. The lowest BCUT2D eigenvalue weighted by atomic mass is 10.1. The summed E-state index contributed by atoms with van der Waals surface area (Å²) < 4.78 is 17.8. The third kappa shape index (κ3) is 5.12. The van der Waals surface area contributed by atoms with Gasteiger partial charge in [-0.1, -0.05) is 9.90 Å². The number of hydrogen-bond acceptors (Lipinski definition) is 7. The molecule has 1 aromatic heterocycles. The van der Waals surface area contributed by atoms with Crippen LogP contribution in [0.4, 0.5) is 5.69 Å². The largest absolute Gasteiger partial charge is 0.855 e. The molecule has 0 atom stereocenters. The number of aromatic amines is 1. The number of ketones is 1. The van der Waals surface area contributed by atoms with E-state index in [-0.39, 0.29) is 18.0 Å². The molecule has 10 nitrogen and oxygen atoms in total. The van der Waals surface area contributed by atoms with Gasteiger partial charge in [0.1, 0.15) is 17.2 Å². The van der Waals surface area contributed by atoms with Crippen molar-refractivity contribution in [2.45, 2.75) is 6.54 Å². The molecule has 0 aliphatic rings. The molecule has 0 amide bonds. The number of nitrogens with one attached hydrogen (secondary N) is 1. The van der Waals surface area contributed by atoms with Crippen molar-refractivity contribution >= 4 is 17.4 Å². The van der Waals surface area contributed by atoms with Gasteiger partial charge in [0.05, 0.1) is 27.0 Å². The Kier molecular flexibility index (Phi) is 7.15. The van der Waals surface area contributed by atoms with Crippen LogP contribution in [0.25, 0.3) is 5.69 Å². The van der Waals surface area contributed by atoms with Gasteiger partial charge in [-0.25, -0.2) is 4.79 Å². The molecule has 0 radical (unpaired) electrons. The van der Waals surface area contributed by atoms with Crippen LogP contribution in [-0.2, 0) is 6.54 Å². The highest BCUT2D eigenvalue weighted by Crippen LogP contribution is 2.18. The van der Waals surface area contributed by atoms with E-state index < -0.39 is 11.5 Å². The number of ether oxygens (including phenoxy) is 3. The van der Waals surface area contributed by atoms with Crippen molar-refractivity contribution in [3.8, 4) is 22.9 Å².